The molecule has 2 nitrogen and oxygen atoms in total. The van der Waals surface area contributed by atoms with Crippen molar-refractivity contribution in [1.82, 2.24) is 9.80 Å². The number of nitrogens with zero attached hydrogens (tertiary/aromatic N) is 2. The highest BCUT2D eigenvalue weighted by atomic mass is 15.2. The number of piperidine rings is 1. The van der Waals surface area contributed by atoms with E-state index in [0.29, 0.717) is 0 Å². The van der Waals surface area contributed by atoms with Gasteiger partial charge in [-0.05, 0) is 65.6 Å². The number of likely N-dealkylation sites (tertiary alicyclic amines) is 1. The molecule has 0 bridgehead atoms. The largest absolute Gasteiger partial charge is 0.303 e. The molecule has 0 unspecified atom stereocenters. The third-order valence-corrected chi connectivity index (χ3v) is 5.12. The summed E-state index contributed by atoms with van der Waals surface area (Å²) in [4.78, 5) is 5.30. The summed E-state index contributed by atoms with van der Waals surface area (Å²) in [5.41, 5.74) is 0. The lowest BCUT2D eigenvalue weighted by Crippen LogP contribution is -2.46. The van der Waals surface area contributed by atoms with E-state index in [4.69, 9.17) is 0 Å². The first-order valence-corrected chi connectivity index (χ1v) is 8.11. The van der Waals surface area contributed by atoms with E-state index >= 15 is 0 Å². The van der Waals surface area contributed by atoms with Crippen LogP contribution in [0.2, 0.25) is 0 Å². The first-order valence-electron chi connectivity index (χ1n) is 8.11. The van der Waals surface area contributed by atoms with Crippen molar-refractivity contribution >= 4 is 0 Å². The van der Waals surface area contributed by atoms with Crippen molar-refractivity contribution in [3.05, 3.63) is 0 Å². The average molecular weight is 252 g/mol. The van der Waals surface area contributed by atoms with E-state index in [1.54, 1.807) is 0 Å². The Kier molecular flexibility index (Phi) is 5.50. The highest BCUT2D eigenvalue weighted by Crippen LogP contribution is 2.26. The Hall–Kier alpha value is -0.0800. The van der Waals surface area contributed by atoms with Crippen LogP contribution in [0.4, 0.5) is 0 Å². The Balaban J connectivity index is 1.71. The van der Waals surface area contributed by atoms with E-state index in [0.717, 1.165) is 18.0 Å². The molecule has 0 amide bonds. The van der Waals surface area contributed by atoms with Gasteiger partial charge >= 0.3 is 0 Å². The maximum absolute atomic E-state index is 2.67. The number of rotatable bonds is 4. The predicted molar refractivity (Wildman–Crippen MR) is 78.9 cm³/mol. The minimum absolute atomic E-state index is 0.731. The van der Waals surface area contributed by atoms with Crippen molar-refractivity contribution in [3.8, 4) is 0 Å². The molecule has 2 aliphatic rings. The highest BCUT2D eigenvalue weighted by Gasteiger charge is 2.25. The van der Waals surface area contributed by atoms with Crippen molar-refractivity contribution < 1.29 is 0 Å². The number of hydrogen-bond acceptors (Lipinski definition) is 2. The molecule has 106 valence electrons. The van der Waals surface area contributed by atoms with Gasteiger partial charge in [-0.3, -0.25) is 0 Å². The van der Waals surface area contributed by atoms with Gasteiger partial charge in [0.25, 0.3) is 0 Å². The second-order valence-corrected chi connectivity index (χ2v) is 6.80. The van der Waals surface area contributed by atoms with Crippen molar-refractivity contribution in [2.24, 2.45) is 5.92 Å². The minimum atomic E-state index is 0.731. The summed E-state index contributed by atoms with van der Waals surface area (Å²) < 4.78 is 0. The maximum Gasteiger partial charge on any atom is 0.0117 e. The second kappa shape index (κ2) is 6.91. The minimum Gasteiger partial charge on any atom is -0.303 e. The van der Waals surface area contributed by atoms with Gasteiger partial charge in [-0.2, -0.15) is 0 Å². The molecule has 1 aliphatic heterocycles. The van der Waals surface area contributed by atoms with Crippen LogP contribution in [-0.4, -0.2) is 48.6 Å². The van der Waals surface area contributed by atoms with Gasteiger partial charge in [0, 0.05) is 18.6 Å². The monoisotopic (exact) mass is 252 g/mol. The fraction of sp³-hybridized carbons (Fsp3) is 1.00. The van der Waals surface area contributed by atoms with Crippen molar-refractivity contribution in [2.75, 3.05) is 26.7 Å². The van der Waals surface area contributed by atoms with E-state index in [2.05, 4.69) is 30.7 Å². The summed E-state index contributed by atoms with van der Waals surface area (Å²) >= 11 is 0. The van der Waals surface area contributed by atoms with Crippen LogP contribution in [0, 0.1) is 5.92 Å². The standard InChI is InChI=1S/C16H32N2/c1-14(2)18-11-9-16(10-12-18)17(3)13-15-7-5-4-6-8-15/h14-16H,4-13H2,1-3H3. The quantitative estimate of drug-likeness (QED) is 0.757. The van der Waals surface area contributed by atoms with E-state index in [1.807, 2.05) is 0 Å². The third kappa shape index (κ3) is 3.96. The summed E-state index contributed by atoms with van der Waals surface area (Å²) in [6.45, 7) is 8.61. The molecule has 1 saturated carbocycles. The molecule has 0 radical (unpaired) electrons. The molecule has 0 spiro atoms. The Labute approximate surface area is 114 Å². The first kappa shape index (κ1) is 14.3. The van der Waals surface area contributed by atoms with E-state index < -0.39 is 0 Å². The normalized spacial score (nSPS) is 25.2. The maximum atomic E-state index is 2.67. The van der Waals surface area contributed by atoms with Crippen LogP contribution in [0.5, 0.6) is 0 Å². The fourth-order valence-electron chi connectivity index (χ4n) is 3.77. The zero-order valence-electron chi connectivity index (χ0n) is 12.7. The molecule has 18 heavy (non-hydrogen) atoms. The molecule has 1 heterocycles. The van der Waals surface area contributed by atoms with Crippen LogP contribution in [0.25, 0.3) is 0 Å². The highest BCUT2D eigenvalue weighted by molar-refractivity contribution is 4.81. The van der Waals surface area contributed by atoms with Gasteiger partial charge < -0.3 is 9.80 Å². The predicted octanol–water partition coefficient (Wildman–Crippen LogP) is 3.37. The van der Waals surface area contributed by atoms with E-state index in [1.165, 1.54) is 64.6 Å². The molecule has 1 saturated heterocycles. The van der Waals surface area contributed by atoms with E-state index in [-0.39, 0.29) is 0 Å². The van der Waals surface area contributed by atoms with Gasteiger partial charge in [0.15, 0.2) is 0 Å². The van der Waals surface area contributed by atoms with E-state index in [9.17, 15) is 0 Å². The van der Waals surface area contributed by atoms with Gasteiger partial charge in [0.1, 0.15) is 0 Å². The fourth-order valence-corrected chi connectivity index (χ4v) is 3.77. The Morgan fingerprint density at radius 2 is 1.61 bits per heavy atom. The molecule has 0 aromatic carbocycles. The van der Waals surface area contributed by atoms with Crippen LogP contribution >= 0.6 is 0 Å². The summed E-state index contributed by atoms with van der Waals surface area (Å²) in [5, 5.41) is 0. The SMILES string of the molecule is CC(C)N1CCC(N(C)CC2CCCCC2)CC1. The van der Waals surface area contributed by atoms with Crippen molar-refractivity contribution in [3.63, 3.8) is 0 Å². The molecule has 0 aromatic rings. The molecule has 1 aliphatic carbocycles. The van der Waals surface area contributed by atoms with Crippen molar-refractivity contribution in [2.45, 2.75) is 70.9 Å². The van der Waals surface area contributed by atoms with Crippen LogP contribution in [0.1, 0.15) is 58.8 Å². The third-order valence-electron chi connectivity index (χ3n) is 5.12. The molecule has 0 N–H and O–H groups in total. The number of hydrogen-bond donors (Lipinski definition) is 0. The smallest absolute Gasteiger partial charge is 0.0117 e. The van der Waals surface area contributed by atoms with Gasteiger partial charge in [-0.25, -0.2) is 0 Å². The van der Waals surface area contributed by atoms with Gasteiger partial charge in [-0.15, -0.1) is 0 Å². The van der Waals surface area contributed by atoms with Gasteiger partial charge in [0.05, 0.1) is 0 Å². The molecule has 2 fully saturated rings. The second-order valence-electron chi connectivity index (χ2n) is 6.80. The average Bonchev–Trinajstić information content (AvgIpc) is 2.40. The molecule has 2 rings (SSSR count). The van der Waals surface area contributed by atoms with Crippen LogP contribution in [0.15, 0.2) is 0 Å². The lowest BCUT2D eigenvalue weighted by molar-refractivity contribution is 0.0932. The van der Waals surface area contributed by atoms with Crippen LogP contribution in [-0.2, 0) is 0 Å². The molecular weight excluding hydrogens is 220 g/mol. The van der Waals surface area contributed by atoms with Crippen LogP contribution < -0.4 is 0 Å². The lowest BCUT2D eigenvalue weighted by atomic mass is 9.88. The molecule has 0 aromatic heterocycles. The molecule has 0 atom stereocenters. The summed E-state index contributed by atoms with van der Waals surface area (Å²) in [6, 6.07) is 1.58. The zero-order chi connectivity index (χ0) is 13.0. The first-order chi connectivity index (χ1) is 8.66. The Morgan fingerprint density at radius 3 is 2.17 bits per heavy atom. The van der Waals surface area contributed by atoms with Crippen LogP contribution in [0.3, 0.4) is 0 Å². The van der Waals surface area contributed by atoms with Crippen molar-refractivity contribution in [1.29, 1.82) is 0 Å². The zero-order valence-corrected chi connectivity index (χ0v) is 12.7. The molecule has 2 heteroatoms. The summed E-state index contributed by atoms with van der Waals surface area (Å²) in [6.07, 6.45) is 10.1. The van der Waals surface area contributed by atoms with Gasteiger partial charge in [-0.1, -0.05) is 19.3 Å². The summed E-state index contributed by atoms with van der Waals surface area (Å²) in [5.74, 6) is 0.992. The summed E-state index contributed by atoms with van der Waals surface area (Å²) in [7, 11) is 2.37. The lowest BCUT2D eigenvalue weighted by Gasteiger charge is -2.40. The topological polar surface area (TPSA) is 6.48 Å². The Morgan fingerprint density at radius 1 is 1.00 bits per heavy atom. The molecular formula is C16H32N2. The Bertz CT molecular complexity index is 225. The van der Waals surface area contributed by atoms with Gasteiger partial charge in [0.2, 0.25) is 0 Å².